The van der Waals surface area contributed by atoms with Gasteiger partial charge in [0.05, 0.1) is 36.6 Å². The maximum atomic E-state index is 9.40. The van der Waals surface area contributed by atoms with Crippen LogP contribution >= 0.6 is 22.9 Å². The second-order valence-electron chi connectivity index (χ2n) is 5.01. The number of nitrogens with zero attached hydrogens (tertiary/aromatic N) is 2. The van der Waals surface area contributed by atoms with Gasteiger partial charge >= 0.3 is 0 Å². The summed E-state index contributed by atoms with van der Waals surface area (Å²) in [5, 5.41) is 13.1. The average Bonchev–Trinajstić information content (AvgIpc) is 2.96. The number of aromatic nitrogens is 1. The molecule has 0 aliphatic carbocycles. The van der Waals surface area contributed by atoms with Crippen molar-refractivity contribution in [1.82, 2.24) is 9.88 Å². The molecule has 1 aromatic carbocycles. The van der Waals surface area contributed by atoms with E-state index in [4.69, 9.17) is 16.3 Å². The Morgan fingerprint density at radius 1 is 1.43 bits per heavy atom. The third kappa shape index (κ3) is 3.44. The number of thiazole rings is 1. The quantitative estimate of drug-likeness (QED) is 0.939. The lowest BCUT2D eigenvalue weighted by molar-refractivity contribution is -0.0316. The number of hydrogen-bond acceptors (Lipinski definition) is 5. The van der Waals surface area contributed by atoms with Gasteiger partial charge in [-0.05, 0) is 6.07 Å². The van der Waals surface area contributed by atoms with Crippen molar-refractivity contribution in [3.05, 3.63) is 40.4 Å². The second-order valence-corrected chi connectivity index (χ2v) is 6.27. The molecule has 1 aromatic heterocycles. The molecule has 112 valence electrons. The molecular weight excluding hydrogens is 308 g/mol. The lowest BCUT2D eigenvalue weighted by Crippen LogP contribution is -2.46. The number of aliphatic hydroxyl groups is 1. The first-order valence-corrected chi connectivity index (χ1v) is 8.15. The van der Waals surface area contributed by atoms with Gasteiger partial charge in [0.2, 0.25) is 0 Å². The van der Waals surface area contributed by atoms with Crippen molar-refractivity contribution in [3.8, 4) is 10.6 Å². The Morgan fingerprint density at radius 2 is 2.29 bits per heavy atom. The van der Waals surface area contributed by atoms with Gasteiger partial charge in [0.15, 0.2) is 0 Å². The van der Waals surface area contributed by atoms with E-state index < -0.39 is 0 Å². The number of halogens is 1. The first kappa shape index (κ1) is 14.9. The number of hydrogen-bond donors (Lipinski definition) is 1. The molecule has 3 rings (SSSR count). The Morgan fingerprint density at radius 3 is 3.10 bits per heavy atom. The summed E-state index contributed by atoms with van der Waals surface area (Å²) < 4.78 is 5.39. The molecule has 21 heavy (non-hydrogen) atoms. The molecule has 2 aromatic rings. The molecular formula is C15H17ClN2O2S. The van der Waals surface area contributed by atoms with Crippen molar-refractivity contribution >= 4 is 22.9 Å². The zero-order chi connectivity index (χ0) is 14.7. The van der Waals surface area contributed by atoms with Crippen LogP contribution in [0.4, 0.5) is 0 Å². The van der Waals surface area contributed by atoms with E-state index in [1.54, 1.807) is 11.3 Å². The summed E-state index contributed by atoms with van der Waals surface area (Å²) in [6.45, 7) is 2.96. The topological polar surface area (TPSA) is 45.6 Å². The van der Waals surface area contributed by atoms with Crippen molar-refractivity contribution in [2.45, 2.75) is 12.6 Å². The van der Waals surface area contributed by atoms with Gasteiger partial charge in [-0.3, -0.25) is 4.90 Å². The van der Waals surface area contributed by atoms with Crippen LogP contribution in [0, 0.1) is 0 Å². The summed E-state index contributed by atoms with van der Waals surface area (Å²) in [6, 6.07) is 7.80. The minimum absolute atomic E-state index is 0.0595. The first-order valence-electron chi connectivity index (χ1n) is 6.90. The fourth-order valence-corrected chi connectivity index (χ4v) is 3.54. The summed E-state index contributed by atoms with van der Waals surface area (Å²) in [5.74, 6) is 0. The molecule has 1 aliphatic rings. The molecule has 1 unspecified atom stereocenters. The van der Waals surface area contributed by atoms with Gasteiger partial charge in [-0.2, -0.15) is 0 Å². The number of benzene rings is 1. The molecule has 0 spiro atoms. The van der Waals surface area contributed by atoms with E-state index >= 15 is 0 Å². The van der Waals surface area contributed by atoms with Gasteiger partial charge in [-0.1, -0.05) is 29.8 Å². The van der Waals surface area contributed by atoms with E-state index in [0.717, 1.165) is 34.4 Å². The molecule has 1 saturated heterocycles. The van der Waals surface area contributed by atoms with Gasteiger partial charge < -0.3 is 9.84 Å². The van der Waals surface area contributed by atoms with Crippen molar-refractivity contribution in [2.24, 2.45) is 0 Å². The fourth-order valence-electron chi connectivity index (χ4n) is 2.41. The van der Waals surface area contributed by atoms with Crippen molar-refractivity contribution in [1.29, 1.82) is 0 Å². The molecule has 6 heteroatoms. The summed E-state index contributed by atoms with van der Waals surface area (Å²) in [4.78, 5) is 6.89. The van der Waals surface area contributed by atoms with Crippen LogP contribution in [0.15, 0.2) is 29.6 Å². The molecule has 1 N–H and O–H groups in total. The predicted molar refractivity (Wildman–Crippen MR) is 84.7 cm³/mol. The third-order valence-electron chi connectivity index (χ3n) is 3.58. The highest BCUT2D eigenvalue weighted by Crippen LogP contribution is 2.30. The third-order valence-corrected chi connectivity index (χ3v) is 4.84. The van der Waals surface area contributed by atoms with Crippen LogP contribution in [-0.2, 0) is 11.3 Å². The average molecular weight is 325 g/mol. The Balaban J connectivity index is 1.75. The van der Waals surface area contributed by atoms with Crippen LogP contribution < -0.4 is 0 Å². The van der Waals surface area contributed by atoms with Gasteiger partial charge in [0.1, 0.15) is 5.01 Å². The summed E-state index contributed by atoms with van der Waals surface area (Å²) in [6.07, 6.45) is 0. The normalized spacial score (nSPS) is 19.8. The smallest absolute Gasteiger partial charge is 0.125 e. The molecule has 0 radical (unpaired) electrons. The standard InChI is InChI=1S/C15H17ClN2O2S/c16-14-4-2-1-3-13(14)15-17-11(10-21-15)7-18-5-6-20-9-12(18)8-19/h1-4,10,12,19H,5-9H2. The van der Waals surface area contributed by atoms with Gasteiger partial charge in [0.25, 0.3) is 0 Å². The highest BCUT2D eigenvalue weighted by atomic mass is 35.5. The van der Waals surface area contributed by atoms with Crippen LogP contribution in [0.5, 0.6) is 0 Å². The van der Waals surface area contributed by atoms with Gasteiger partial charge in [-0.25, -0.2) is 4.98 Å². The zero-order valence-electron chi connectivity index (χ0n) is 11.5. The highest BCUT2D eigenvalue weighted by molar-refractivity contribution is 7.13. The van der Waals surface area contributed by atoms with Crippen LogP contribution in [0.1, 0.15) is 5.69 Å². The first-order chi connectivity index (χ1) is 10.3. The van der Waals surface area contributed by atoms with Gasteiger partial charge in [-0.15, -0.1) is 11.3 Å². The van der Waals surface area contributed by atoms with Crippen LogP contribution in [0.25, 0.3) is 10.6 Å². The summed E-state index contributed by atoms with van der Waals surface area (Å²) in [7, 11) is 0. The zero-order valence-corrected chi connectivity index (χ0v) is 13.1. The largest absolute Gasteiger partial charge is 0.395 e. The Hall–Kier alpha value is -0.980. The van der Waals surface area contributed by atoms with Crippen LogP contribution in [0.2, 0.25) is 5.02 Å². The number of aliphatic hydroxyl groups excluding tert-OH is 1. The number of ether oxygens (including phenoxy) is 1. The van der Waals surface area contributed by atoms with E-state index in [9.17, 15) is 5.11 Å². The highest BCUT2D eigenvalue weighted by Gasteiger charge is 2.23. The van der Waals surface area contributed by atoms with E-state index in [1.807, 2.05) is 24.3 Å². The predicted octanol–water partition coefficient (Wildman–Crippen LogP) is 2.66. The minimum Gasteiger partial charge on any atom is -0.395 e. The Kier molecular flexibility index (Phi) is 4.87. The Bertz CT molecular complexity index is 605. The van der Waals surface area contributed by atoms with E-state index in [1.165, 1.54) is 0 Å². The molecule has 1 fully saturated rings. The van der Waals surface area contributed by atoms with Gasteiger partial charge in [0, 0.05) is 24.0 Å². The van der Waals surface area contributed by atoms with Crippen LogP contribution in [0.3, 0.4) is 0 Å². The van der Waals surface area contributed by atoms with Crippen molar-refractivity contribution in [3.63, 3.8) is 0 Å². The summed E-state index contributed by atoms with van der Waals surface area (Å²) >= 11 is 7.81. The maximum Gasteiger partial charge on any atom is 0.125 e. The van der Waals surface area contributed by atoms with E-state index in [-0.39, 0.29) is 12.6 Å². The molecule has 0 amide bonds. The van der Waals surface area contributed by atoms with Crippen molar-refractivity contribution < 1.29 is 9.84 Å². The lowest BCUT2D eigenvalue weighted by Gasteiger charge is -2.33. The lowest BCUT2D eigenvalue weighted by atomic mass is 10.2. The number of rotatable bonds is 4. The molecule has 0 bridgehead atoms. The minimum atomic E-state index is 0.0595. The molecule has 2 heterocycles. The monoisotopic (exact) mass is 324 g/mol. The summed E-state index contributed by atoms with van der Waals surface area (Å²) in [5.41, 5.74) is 1.98. The Labute approximate surface area is 133 Å². The van der Waals surface area contributed by atoms with E-state index in [0.29, 0.717) is 13.2 Å². The molecule has 4 nitrogen and oxygen atoms in total. The molecule has 1 aliphatic heterocycles. The molecule has 0 saturated carbocycles. The second kappa shape index (κ2) is 6.85. The maximum absolute atomic E-state index is 9.40. The number of morpholine rings is 1. The molecule has 1 atom stereocenters. The fraction of sp³-hybridized carbons (Fsp3) is 0.400. The van der Waals surface area contributed by atoms with Crippen LogP contribution in [-0.4, -0.2) is 47.4 Å². The van der Waals surface area contributed by atoms with Crippen molar-refractivity contribution in [2.75, 3.05) is 26.4 Å². The van der Waals surface area contributed by atoms with E-state index in [2.05, 4.69) is 15.3 Å². The SMILES string of the molecule is OCC1COCCN1Cc1csc(-c2ccccc2Cl)n1.